The molecule has 2 aliphatic rings. The first-order valence-corrected chi connectivity index (χ1v) is 8.93. The number of ether oxygens (including phenoxy) is 1. The molecule has 1 aromatic heterocycles. The van der Waals surface area contributed by atoms with Crippen molar-refractivity contribution >= 4 is 17.1 Å². The van der Waals surface area contributed by atoms with E-state index in [1.807, 2.05) is 28.8 Å². The van der Waals surface area contributed by atoms with E-state index in [9.17, 15) is 9.59 Å². The number of imidazole rings is 1. The average molecular weight is 344 g/mol. The van der Waals surface area contributed by atoms with Gasteiger partial charge >= 0.3 is 11.8 Å². The highest BCUT2D eigenvalue weighted by atomic mass is 16.5. The number of carbonyl (C=O) groups is 1. The van der Waals surface area contributed by atoms with Crippen LogP contribution < -0.4 is 5.69 Å². The Morgan fingerprint density at radius 3 is 2.60 bits per heavy atom. The van der Waals surface area contributed by atoms with Crippen molar-refractivity contribution < 1.29 is 9.53 Å². The summed E-state index contributed by atoms with van der Waals surface area (Å²) in [4.78, 5) is 31.2. The molecule has 3 heterocycles. The molecule has 2 aromatic rings. The summed E-state index contributed by atoms with van der Waals surface area (Å²) >= 11 is 0. The first-order chi connectivity index (χ1) is 12.2. The van der Waals surface area contributed by atoms with Gasteiger partial charge in [-0.1, -0.05) is 12.1 Å². The van der Waals surface area contributed by atoms with Gasteiger partial charge in [0.1, 0.15) is 0 Å². The Morgan fingerprint density at radius 2 is 1.84 bits per heavy atom. The fraction of sp³-hybridized carbons (Fsp3) is 0.556. The van der Waals surface area contributed by atoms with Crippen molar-refractivity contribution in [2.24, 2.45) is 0 Å². The summed E-state index contributed by atoms with van der Waals surface area (Å²) in [6.07, 6.45) is 2.67. The van der Waals surface area contributed by atoms with E-state index < -0.39 is 0 Å². The molecule has 1 N–H and O–H groups in total. The molecule has 0 saturated carbocycles. The van der Waals surface area contributed by atoms with Crippen LogP contribution in [0.15, 0.2) is 29.1 Å². The maximum atomic E-state index is 12.4. The van der Waals surface area contributed by atoms with Gasteiger partial charge in [0.05, 0.1) is 18.1 Å². The topological polar surface area (TPSA) is 70.6 Å². The molecule has 0 bridgehead atoms. The third kappa shape index (κ3) is 2.93. The van der Waals surface area contributed by atoms with Crippen LogP contribution in [-0.4, -0.2) is 64.8 Å². The second kappa shape index (κ2) is 6.55. The van der Waals surface area contributed by atoms with Crippen molar-refractivity contribution in [1.29, 1.82) is 0 Å². The smallest absolute Gasteiger partial charge is 0.409 e. The highest BCUT2D eigenvalue weighted by molar-refractivity contribution is 5.75. The zero-order valence-electron chi connectivity index (χ0n) is 14.5. The Kier molecular flexibility index (Phi) is 4.25. The van der Waals surface area contributed by atoms with Gasteiger partial charge in [-0.3, -0.25) is 9.47 Å². The number of aromatic amines is 1. The molecule has 0 aliphatic carbocycles. The number of nitrogens with one attached hydrogen (secondary N) is 1. The maximum absolute atomic E-state index is 12.4. The molecule has 1 aromatic carbocycles. The van der Waals surface area contributed by atoms with E-state index >= 15 is 0 Å². The molecule has 1 atom stereocenters. The van der Waals surface area contributed by atoms with Gasteiger partial charge in [-0.25, -0.2) is 9.59 Å². The Balaban J connectivity index is 1.43. The summed E-state index contributed by atoms with van der Waals surface area (Å²) in [6, 6.07) is 8.50. The number of amides is 1. The first-order valence-electron chi connectivity index (χ1n) is 8.93. The van der Waals surface area contributed by atoms with Crippen molar-refractivity contribution in [1.82, 2.24) is 19.4 Å². The van der Waals surface area contributed by atoms with Crippen LogP contribution in [0.1, 0.15) is 25.3 Å². The van der Waals surface area contributed by atoms with Crippen molar-refractivity contribution in [2.75, 3.05) is 33.3 Å². The first kappa shape index (κ1) is 16.2. The quantitative estimate of drug-likeness (QED) is 0.902. The molecule has 7 nitrogen and oxygen atoms in total. The van der Waals surface area contributed by atoms with Crippen molar-refractivity contribution in [3.05, 3.63) is 34.7 Å². The summed E-state index contributed by atoms with van der Waals surface area (Å²) in [5.74, 6) is 0. The minimum Gasteiger partial charge on any atom is -0.453 e. The Hall–Kier alpha value is -2.28. The Morgan fingerprint density at radius 1 is 1.12 bits per heavy atom. The van der Waals surface area contributed by atoms with Crippen LogP contribution in [0.4, 0.5) is 4.79 Å². The van der Waals surface area contributed by atoms with E-state index in [0.717, 1.165) is 56.5 Å². The van der Waals surface area contributed by atoms with Gasteiger partial charge < -0.3 is 14.6 Å². The lowest BCUT2D eigenvalue weighted by atomic mass is 10.0. The minimum absolute atomic E-state index is 0.0163. The summed E-state index contributed by atoms with van der Waals surface area (Å²) in [7, 11) is 1.43. The summed E-state index contributed by atoms with van der Waals surface area (Å²) in [5.41, 5.74) is 1.88. The lowest BCUT2D eigenvalue weighted by Gasteiger charge is -2.36. The largest absolute Gasteiger partial charge is 0.453 e. The number of hydrogen-bond donors (Lipinski definition) is 1. The third-order valence-corrected chi connectivity index (χ3v) is 5.60. The number of rotatable bonds is 2. The van der Waals surface area contributed by atoms with Crippen LogP contribution in [0.2, 0.25) is 0 Å². The lowest BCUT2D eigenvalue weighted by molar-refractivity contribution is 0.116. The van der Waals surface area contributed by atoms with E-state index in [2.05, 4.69) is 9.88 Å². The molecule has 134 valence electrons. The molecule has 25 heavy (non-hydrogen) atoms. The number of fused-ring (bicyclic) bond motifs is 1. The Bertz CT molecular complexity index is 819. The number of likely N-dealkylation sites (tertiary alicyclic amines) is 2. The van der Waals surface area contributed by atoms with Crippen LogP contribution in [0.25, 0.3) is 11.0 Å². The molecule has 0 spiro atoms. The summed E-state index contributed by atoms with van der Waals surface area (Å²) in [5, 5.41) is 0. The molecule has 2 aliphatic heterocycles. The maximum Gasteiger partial charge on any atom is 0.409 e. The van der Waals surface area contributed by atoms with Gasteiger partial charge in [-0.15, -0.1) is 0 Å². The molecular formula is C18H24N4O3. The molecule has 2 saturated heterocycles. The van der Waals surface area contributed by atoms with Gasteiger partial charge in [0.15, 0.2) is 0 Å². The highest BCUT2D eigenvalue weighted by Gasteiger charge is 2.33. The number of nitrogens with zero attached hydrogens (tertiary/aromatic N) is 3. The molecule has 0 radical (unpaired) electrons. The molecule has 2 fully saturated rings. The van der Waals surface area contributed by atoms with Crippen LogP contribution in [0, 0.1) is 0 Å². The minimum atomic E-state index is -0.234. The second-order valence-corrected chi connectivity index (χ2v) is 6.94. The molecular weight excluding hydrogens is 320 g/mol. The fourth-order valence-corrected chi connectivity index (χ4v) is 4.28. The predicted octanol–water partition coefficient (Wildman–Crippen LogP) is 1.81. The van der Waals surface area contributed by atoms with Crippen molar-refractivity contribution in [2.45, 2.75) is 31.3 Å². The van der Waals surface area contributed by atoms with Gasteiger partial charge in [-0.05, 0) is 31.4 Å². The van der Waals surface area contributed by atoms with Crippen LogP contribution in [-0.2, 0) is 4.74 Å². The normalized spacial score (nSPS) is 22.6. The summed E-state index contributed by atoms with van der Waals surface area (Å²) in [6.45, 7) is 3.41. The zero-order valence-corrected chi connectivity index (χ0v) is 14.5. The molecule has 1 amide bonds. The number of carbonyl (C=O) groups excluding carboxylic acids is 1. The van der Waals surface area contributed by atoms with Gasteiger partial charge in [0.25, 0.3) is 0 Å². The number of methoxy groups -OCH3 is 1. The van der Waals surface area contributed by atoms with Gasteiger partial charge in [0, 0.05) is 38.3 Å². The summed E-state index contributed by atoms with van der Waals surface area (Å²) < 4.78 is 6.74. The number of aromatic nitrogens is 2. The standard InChI is InChI=1S/C18H24N4O3/c1-25-18(24)21-11-8-14(12-21)20-9-6-13(7-10-20)22-16-5-3-2-4-15(16)19-17(22)23/h2-5,13-14H,6-12H2,1H3,(H,19,23)/t14-/m0/s1. The van der Waals surface area contributed by atoms with Gasteiger partial charge in [0.2, 0.25) is 0 Å². The van der Waals surface area contributed by atoms with Crippen molar-refractivity contribution in [3.8, 4) is 0 Å². The number of benzene rings is 1. The third-order valence-electron chi connectivity index (χ3n) is 5.60. The number of hydrogen-bond acceptors (Lipinski definition) is 4. The van der Waals surface area contributed by atoms with Crippen LogP contribution >= 0.6 is 0 Å². The van der Waals surface area contributed by atoms with Crippen LogP contribution in [0.5, 0.6) is 0 Å². The van der Waals surface area contributed by atoms with E-state index in [1.165, 1.54) is 7.11 Å². The fourth-order valence-electron chi connectivity index (χ4n) is 4.28. The van der Waals surface area contributed by atoms with Gasteiger partial charge in [-0.2, -0.15) is 0 Å². The molecule has 0 unspecified atom stereocenters. The van der Waals surface area contributed by atoms with E-state index in [-0.39, 0.29) is 17.8 Å². The number of piperidine rings is 1. The SMILES string of the molecule is COC(=O)N1CC[C@H](N2CCC(n3c(=O)[nH]c4ccccc43)CC2)C1. The van der Waals surface area contributed by atoms with Crippen LogP contribution in [0.3, 0.4) is 0 Å². The highest BCUT2D eigenvalue weighted by Crippen LogP contribution is 2.28. The monoisotopic (exact) mass is 344 g/mol. The second-order valence-electron chi connectivity index (χ2n) is 6.94. The zero-order chi connectivity index (χ0) is 17.4. The molecule has 7 heteroatoms. The van der Waals surface area contributed by atoms with E-state index in [1.54, 1.807) is 4.90 Å². The molecule has 4 rings (SSSR count). The van der Waals surface area contributed by atoms with E-state index in [4.69, 9.17) is 4.74 Å². The van der Waals surface area contributed by atoms with E-state index in [0.29, 0.717) is 6.04 Å². The number of H-pyrrole nitrogens is 1. The number of para-hydroxylation sites is 2. The average Bonchev–Trinajstić information content (AvgIpc) is 3.25. The lowest BCUT2D eigenvalue weighted by Crippen LogP contribution is -2.44. The van der Waals surface area contributed by atoms with Crippen molar-refractivity contribution in [3.63, 3.8) is 0 Å². The predicted molar refractivity (Wildman–Crippen MR) is 94.8 cm³/mol. The Labute approximate surface area is 146 Å².